The zero-order valence-corrected chi connectivity index (χ0v) is 14.7. The molecule has 1 aliphatic carbocycles. The third-order valence-corrected chi connectivity index (χ3v) is 5.12. The van der Waals surface area contributed by atoms with Gasteiger partial charge in [0.1, 0.15) is 5.69 Å². The number of amides is 1. The molecule has 2 aromatic rings. The minimum atomic E-state index is -0.0797. The van der Waals surface area contributed by atoms with Crippen molar-refractivity contribution in [2.75, 3.05) is 11.4 Å². The molecule has 1 fully saturated rings. The molecule has 0 unspecified atom stereocenters. The number of rotatable bonds is 3. The Kier molecular flexibility index (Phi) is 4.38. The average Bonchev–Trinajstić information content (AvgIpc) is 3.13. The van der Waals surface area contributed by atoms with E-state index in [1.165, 1.54) is 18.4 Å². The molecule has 0 saturated heterocycles. The summed E-state index contributed by atoms with van der Waals surface area (Å²) in [7, 11) is 0. The molecule has 2 aliphatic rings. The van der Waals surface area contributed by atoms with Gasteiger partial charge in [0.15, 0.2) is 0 Å². The van der Waals surface area contributed by atoms with Crippen LogP contribution in [0.2, 0.25) is 0 Å². The van der Waals surface area contributed by atoms with Crippen LogP contribution in [0.25, 0.3) is 0 Å². The third kappa shape index (κ3) is 3.36. The van der Waals surface area contributed by atoms with Gasteiger partial charge in [0.05, 0.1) is 0 Å². The van der Waals surface area contributed by atoms with Crippen molar-refractivity contribution in [3.8, 4) is 0 Å². The Morgan fingerprint density at radius 1 is 1.16 bits per heavy atom. The maximum Gasteiger partial charge on any atom is 0.270 e. The fraction of sp³-hybridized carbons (Fsp3) is 0.450. The van der Waals surface area contributed by atoms with E-state index in [2.05, 4.69) is 38.4 Å². The molecule has 130 valence electrons. The average molecular weight is 336 g/mol. The SMILES string of the molecule is Cc1cc(C(=O)NC2CCCC2)nc(N2CCCc3ccccc32)n1. The Morgan fingerprint density at radius 2 is 1.96 bits per heavy atom. The largest absolute Gasteiger partial charge is 0.348 e. The topological polar surface area (TPSA) is 58.1 Å². The first-order valence-corrected chi connectivity index (χ1v) is 9.23. The van der Waals surface area contributed by atoms with Crippen molar-refractivity contribution in [1.82, 2.24) is 15.3 Å². The van der Waals surface area contributed by atoms with Gasteiger partial charge >= 0.3 is 0 Å². The van der Waals surface area contributed by atoms with Gasteiger partial charge in [-0.15, -0.1) is 0 Å². The van der Waals surface area contributed by atoms with E-state index >= 15 is 0 Å². The van der Waals surface area contributed by atoms with Gasteiger partial charge in [0.25, 0.3) is 5.91 Å². The van der Waals surface area contributed by atoms with Crippen molar-refractivity contribution in [3.05, 3.63) is 47.3 Å². The number of aryl methyl sites for hydroxylation is 2. The number of benzene rings is 1. The van der Waals surface area contributed by atoms with Gasteiger partial charge in [0, 0.05) is 24.0 Å². The fourth-order valence-electron chi connectivity index (χ4n) is 3.86. The van der Waals surface area contributed by atoms with Crippen LogP contribution in [0.3, 0.4) is 0 Å². The van der Waals surface area contributed by atoms with Gasteiger partial charge in [-0.3, -0.25) is 4.79 Å². The molecular formula is C20H24N4O. The van der Waals surface area contributed by atoms with Crippen LogP contribution >= 0.6 is 0 Å². The summed E-state index contributed by atoms with van der Waals surface area (Å²) in [4.78, 5) is 24.0. The number of hydrogen-bond donors (Lipinski definition) is 1. The second-order valence-corrected chi connectivity index (χ2v) is 7.03. The van der Waals surface area contributed by atoms with Crippen LogP contribution in [0, 0.1) is 6.92 Å². The molecule has 1 amide bonds. The lowest BCUT2D eigenvalue weighted by Crippen LogP contribution is -2.34. The van der Waals surface area contributed by atoms with Crippen LogP contribution in [-0.2, 0) is 6.42 Å². The minimum absolute atomic E-state index is 0.0797. The molecule has 2 heterocycles. The van der Waals surface area contributed by atoms with Gasteiger partial charge in [-0.05, 0) is 50.3 Å². The summed E-state index contributed by atoms with van der Waals surface area (Å²) in [6, 6.07) is 10.5. The van der Waals surface area contributed by atoms with Crippen molar-refractivity contribution in [2.45, 2.75) is 51.5 Å². The molecule has 1 saturated carbocycles. The monoisotopic (exact) mass is 336 g/mol. The third-order valence-electron chi connectivity index (χ3n) is 5.12. The number of hydrogen-bond acceptors (Lipinski definition) is 4. The van der Waals surface area contributed by atoms with E-state index in [4.69, 9.17) is 0 Å². The molecule has 25 heavy (non-hydrogen) atoms. The zero-order valence-electron chi connectivity index (χ0n) is 14.7. The number of nitrogens with zero attached hydrogens (tertiary/aromatic N) is 3. The van der Waals surface area contributed by atoms with Crippen molar-refractivity contribution < 1.29 is 4.79 Å². The number of carbonyl (C=O) groups is 1. The maximum atomic E-state index is 12.6. The Balaban J connectivity index is 1.63. The predicted molar refractivity (Wildman–Crippen MR) is 98.3 cm³/mol. The Morgan fingerprint density at radius 3 is 2.80 bits per heavy atom. The van der Waals surface area contributed by atoms with Crippen molar-refractivity contribution in [3.63, 3.8) is 0 Å². The first kappa shape index (κ1) is 16.1. The van der Waals surface area contributed by atoms with Gasteiger partial charge in [-0.1, -0.05) is 31.0 Å². The van der Waals surface area contributed by atoms with Crippen molar-refractivity contribution in [2.24, 2.45) is 0 Å². The van der Waals surface area contributed by atoms with Crippen molar-refractivity contribution >= 4 is 17.5 Å². The summed E-state index contributed by atoms with van der Waals surface area (Å²) in [6.07, 6.45) is 6.68. The summed E-state index contributed by atoms with van der Waals surface area (Å²) in [5.74, 6) is 0.549. The summed E-state index contributed by atoms with van der Waals surface area (Å²) in [5, 5.41) is 3.12. The Labute approximate surface area is 148 Å². The van der Waals surface area contributed by atoms with E-state index in [0.29, 0.717) is 17.7 Å². The first-order valence-electron chi connectivity index (χ1n) is 9.23. The Hall–Kier alpha value is -2.43. The number of carbonyl (C=O) groups excluding carboxylic acids is 1. The van der Waals surface area contributed by atoms with E-state index in [1.54, 1.807) is 6.07 Å². The van der Waals surface area contributed by atoms with Crippen LogP contribution < -0.4 is 10.2 Å². The highest BCUT2D eigenvalue weighted by molar-refractivity contribution is 5.93. The number of nitrogens with one attached hydrogen (secondary N) is 1. The molecule has 4 rings (SSSR count). The van der Waals surface area contributed by atoms with Gasteiger partial charge in [-0.2, -0.15) is 0 Å². The van der Waals surface area contributed by atoms with Gasteiger partial charge < -0.3 is 10.2 Å². The van der Waals surface area contributed by atoms with Crippen LogP contribution in [0.15, 0.2) is 30.3 Å². The van der Waals surface area contributed by atoms with E-state index in [1.807, 2.05) is 13.0 Å². The number of fused-ring (bicyclic) bond motifs is 1. The Bertz CT molecular complexity index is 783. The summed E-state index contributed by atoms with van der Waals surface area (Å²) < 4.78 is 0. The highest BCUT2D eigenvalue weighted by Gasteiger charge is 2.23. The lowest BCUT2D eigenvalue weighted by Gasteiger charge is -2.29. The maximum absolute atomic E-state index is 12.6. The molecule has 1 aromatic heterocycles. The summed E-state index contributed by atoms with van der Waals surface area (Å²) >= 11 is 0. The highest BCUT2D eigenvalue weighted by Crippen LogP contribution is 2.31. The molecule has 1 aliphatic heterocycles. The van der Waals surface area contributed by atoms with Crippen molar-refractivity contribution in [1.29, 1.82) is 0 Å². The quantitative estimate of drug-likeness (QED) is 0.931. The molecule has 1 aromatic carbocycles. The number of aromatic nitrogens is 2. The lowest BCUT2D eigenvalue weighted by molar-refractivity contribution is 0.0932. The van der Waals surface area contributed by atoms with Crippen LogP contribution in [0.5, 0.6) is 0 Å². The van der Waals surface area contributed by atoms with Gasteiger partial charge in [0.2, 0.25) is 5.95 Å². The van der Waals surface area contributed by atoms with E-state index in [-0.39, 0.29) is 5.91 Å². The normalized spacial score (nSPS) is 17.4. The standard InChI is InChI=1S/C20H24N4O/c1-14-13-17(19(25)22-16-9-3-4-10-16)23-20(21-14)24-12-6-8-15-7-2-5-11-18(15)24/h2,5,7,11,13,16H,3-4,6,8-10,12H2,1H3,(H,22,25). The van der Waals surface area contributed by atoms with Gasteiger partial charge in [-0.25, -0.2) is 9.97 Å². The molecule has 0 radical (unpaired) electrons. The molecule has 0 bridgehead atoms. The predicted octanol–water partition coefficient (Wildman–Crippen LogP) is 3.54. The molecule has 0 spiro atoms. The fourth-order valence-corrected chi connectivity index (χ4v) is 3.86. The van der Waals surface area contributed by atoms with E-state index in [9.17, 15) is 4.79 Å². The van der Waals surface area contributed by atoms with E-state index in [0.717, 1.165) is 43.6 Å². The van der Waals surface area contributed by atoms with Crippen LogP contribution in [0.1, 0.15) is 53.8 Å². The van der Waals surface area contributed by atoms with Crippen LogP contribution in [0.4, 0.5) is 11.6 Å². The first-order chi connectivity index (χ1) is 12.2. The second kappa shape index (κ2) is 6.82. The molecular weight excluding hydrogens is 312 g/mol. The molecule has 1 N–H and O–H groups in total. The number of para-hydroxylation sites is 1. The summed E-state index contributed by atoms with van der Waals surface area (Å²) in [5.41, 5.74) is 3.76. The van der Waals surface area contributed by atoms with E-state index < -0.39 is 0 Å². The molecule has 5 heteroatoms. The summed E-state index contributed by atoms with van der Waals surface area (Å²) in [6.45, 7) is 2.80. The minimum Gasteiger partial charge on any atom is -0.348 e. The highest BCUT2D eigenvalue weighted by atomic mass is 16.1. The smallest absolute Gasteiger partial charge is 0.270 e. The zero-order chi connectivity index (χ0) is 17.2. The second-order valence-electron chi connectivity index (χ2n) is 7.03. The molecule has 0 atom stereocenters. The van der Waals surface area contributed by atoms with Crippen LogP contribution in [-0.4, -0.2) is 28.5 Å². The lowest BCUT2D eigenvalue weighted by atomic mass is 10.0. The number of anilines is 2. The molecule has 5 nitrogen and oxygen atoms in total.